The van der Waals surface area contributed by atoms with Crippen LogP contribution in [0.3, 0.4) is 0 Å². The number of aromatic nitrogens is 2. The third-order valence-corrected chi connectivity index (χ3v) is 3.45. The Morgan fingerprint density at radius 3 is 2.71 bits per heavy atom. The minimum atomic E-state index is -0.136. The minimum absolute atomic E-state index is 0.136. The molecular formula is C16H16N4O. The summed E-state index contributed by atoms with van der Waals surface area (Å²) in [6, 6.07) is 13.5. The number of nitrogens with two attached hydrogens (primary N) is 1. The van der Waals surface area contributed by atoms with Crippen LogP contribution in [0.2, 0.25) is 0 Å². The van der Waals surface area contributed by atoms with Crippen molar-refractivity contribution in [3.8, 4) is 0 Å². The van der Waals surface area contributed by atoms with Crippen molar-refractivity contribution in [2.45, 2.75) is 13.1 Å². The number of pyridine rings is 1. The highest BCUT2D eigenvalue weighted by atomic mass is 16.1. The van der Waals surface area contributed by atoms with Crippen LogP contribution in [0.1, 0.15) is 21.5 Å². The second-order valence-electron chi connectivity index (χ2n) is 4.74. The summed E-state index contributed by atoms with van der Waals surface area (Å²) in [6.45, 7) is 0.916. The van der Waals surface area contributed by atoms with Crippen molar-refractivity contribution in [3.63, 3.8) is 0 Å². The predicted octanol–water partition coefficient (Wildman–Crippen LogP) is 1.72. The van der Waals surface area contributed by atoms with Gasteiger partial charge in [0.15, 0.2) is 0 Å². The van der Waals surface area contributed by atoms with E-state index in [-0.39, 0.29) is 5.91 Å². The average Bonchev–Trinajstić information content (AvgIpc) is 2.97. The van der Waals surface area contributed by atoms with Gasteiger partial charge in [0.25, 0.3) is 5.91 Å². The first-order valence-electron chi connectivity index (χ1n) is 6.77. The summed E-state index contributed by atoms with van der Waals surface area (Å²) in [6.07, 6.45) is 3.40. The van der Waals surface area contributed by atoms with E-state index in [4.69, 9.17) is 5.73 Å². The predicted molar refractivity (Wildman–Crippen MR) is 80.7 cm³/mol. The Balaban J connectivity index is 1.78. The maximum absolute atomic E-state index is 12.3. The molecule has 21 heavy (non-hydrogen) atoms. The van der Waals surface area contributed by atoms with Crippen LogP contribution in [0.4, 0.5) is 0 Å². The number of benzene rings is 1. The van der Waals surface area contributed by atoms with Crippen molar-refractivity contribution in [3.05, 3.63) is 71.5 Å². The lowest BCUT2D eigenvalue weighted by Crippen LogP contribution is -2.23. The number of amides is 1. The molecule has 0 aliphatic heterocycles. The van der Waals surface area contributed by atoms with Gasteiger partial charge in [-0.1, -0.05) is 30.3 Å². The molecule has 3 rings (SSSR count). The van der Waals surface area contributed by atoms with Gasteiger partial charge in [-0.25, -0.2) is 4.52 Å². The van der Waals surface area contributed by atoms with Gasteiger partial charge in [0.1, 0.15) is 0 Å². The highest BCUT2D eigenvalue weighted by Gasteiger charge is 2.12. The Labute approximate surface area is 122 Å². The van der Waals surface area contributed by atoms with Crippen molar-refractivity contribution in [2.24, 2.45) is 5.73 Å². The average molecular weight is 280 g/mol. The zero-order chi connectivity index (χ0) is 14.7. The van der Waals surface area contributed by atoms with Crippen LogP contribution < -0.4 is 11.1 Å². The number of hydrogen-bond acceptors (Lipinski definition) is 3. The quantitative estimate of drug-likeness (QED) is 0.764. The van der Waals surface area contributed by atoms with E-state index in [1.165, 1.54) is 0 Å². The molecule has 2 heterocycles. The fourth-order valence-corrected chi connectivity index (χ4v) is 2.31. The number of rotatable bonds is 4. The van der Waals surface area contributed by atoms with Gasteiger partial charge in [0, 0.05) is 19.3 Å². The first kappa shape index (κ1) is 13.3. The molecule has 0 atom stereocenters. The van der Waals surface area contributed by atoms with Crippen LogP contribution in [0.25, 0.3) is 5.52 Å². The molecule has 0 fully saturated rings. The zero-order valence-electron chi connectivity index (χ0n) is 11.5. The van der Waals surface area contributed by atoms with E-state index >= 15 is 0 Å². The van der Waals surface area contributed by atoms with Crippen LogP contribution in [0, 0.1) is 0 Å². The van der Waals surface area contributed by atoms with Crippen molar-refractivity contribution >= 4 is 11.4 Å². The number of nitrogens with one attached hydrogen (secondary N) is 1. The van der Waals surface area contributed by atoms with Crippen LogP contribution in [0.5, 0.6) is 0 Å². The molecule has 0 aliphatic rings. The van der Waals surface area contributed by atoms with Crippen molar-refractivity contribution in [1.82, 2.24) is 14.9 Å². The molecule has 0 bridgehead atoms. The van der Waals surface area contributed by atoms with Crippen molar-refractivity contribution < 1.29 is 4.79 Å². The lowest BCUT2D eigenvalue weighted by molar-refractivity contribution is 0.0952. The second kappa shape index (κ2) is 5.76. The second-order valence-corrected chi connectivity index (χ2v) is 4.74. The number of carbonyl (C=O) groups excluding carboxylic acids is 1. The number of carbonyl (C=O) groups is 1. The fraction of sp³-hybridized carbons (Fsp3) is 0.125. The topological polar surface area (TPSA) is 72.4 Å². The highest BCUT2D eigenvalue weighted by Crippen LogP contribution is 2.11. The molecule has 5 heteroatoms. The van der Waals surface area contributed by atoms with Gasteiger partial charge in [0.05, 0.1) is 17.3 Å². The molecule has 0 aliphatic carbocycles. The Kier molecular flexibility index (Phi) is 3.66. The lowest BCUT2D eigenvalue weighted by atomic mass is 10.1. The number of nitrogens with zero attached hydrogens (tertiary/aromatic N) is 2. The molecule has 0 unspecified atom stereocenters. The SMILES string of the molecule is NCc1ccccc1CNC(=O)c1cnn2ccccc12. The van der Waals surface area contributed by atoms with E-state index in [1.54, 1.807) is 10.7 Å². The monoisotopic (exact) mass is 280 g/mol. The molecule has 2 aromatic heterocycles. The Morgan fingerprint density at radius 1 is 1.14 bits per heavy atom. The van der Waals surface area contributed by atoms with Crippen LogP contribution in [0.15, 0.2) is 54.9 Å². The third-order valence-electron chi connectivity index (χ3n) is 3.45. The van der Waals surface area contributed by atoms with Gasteiger partial charge in [-0.2, -0.15) is 5.10 Å². The zero-order valence-corrected chi connectivity index (χ0v) is 11.5. The third kappa shape index (κ3) is 2.64. The van der Waals surface area contributed by atoms with Gasteiger partial charge in [-0.3, -0.25) is 4.79 Å². The van der Waals surface area contributed by atoms with Gasteiger partial charge in [-0.05, 0) is 23.3 Å². The van der Waals surface area contributed by atoms with Gasteiger partial charge in [0.2, 0.25) is 0 Å². The smallest absolute Gasteiger partial charge is 0.255 e. The van der Waals surface area contributed by atoms with E-state index in [2.05, 4.69) is 10.4 Å². The van der Waals surface area contributed by atoms with Crippen molar-refractivity contribution in [2.75, 3.05) is 0 Å². The maximum Gasteiger partial charge on any atom is 0.255 e. The summed E-state index contributed by atoms with van der Waals surface area (Å²) in [7, 11) is 0. The molecule has 0 saturated carbocycles. The summed E-state index contributed by atoms with van der Waals surface area (Å²) in [5.41, 5.74) is 9.14. The molecule has 0 radical (unpaired) electrons. The number of fused-ring (bicyclic) bond motifs is 1. The van der Waals surface area contributed by atoms with Crippen molar-refractivity contribution in [1.29, 1.82) is 0 Å². The van der Waals surface area contributed by atoms with Crippen LogP contribution in [-0.4, -0.2) is 15.5 Å². The normalized spacial score (nSPS) is 10.7. The summed E-state index contributed by atoms with van der Waals surface area (Å²) >= 11 is 0. The summed E-state index contributed by atoms with van der Waals surface area (Å²) in [5, 5.41) is 7.08. The Bertz CT molecular complexity index is 779. The summed E-state index contributed by atoms with van der Waals surface area (Å²) in [5.74, 6) is -0.136. The van der Waals surface area contributed by atoms with E-state index < -0.39 is 0 Å². The van der Waals surface area contributed by atoms with E-state index in [9.17, 15) is 4.79 Å². The standard InChI is InChI=1S/C16H16N4O/c17-9-12-5-1-2-6-13(12)10-18-16(21)14-11-19-20-8-4-3-7-15(14)20/h1-8,11H,9-10,17H2,(H,18,21). The molecule has 106 valence electrons. The maximum atomic E-state index is 12.3. The molecule has 0 spiro atoms. The van der Waals surface area contributed by atoms with Gasteiger partial charge in [-0.15, -0.1) is 0 Å². The highest BCUT2D eigenvalue weighted by molar-refractivity contribution is 6.00. The van der Waals surface area contributed by atoms with Crippen LogP contribution in [-0.2, 0) is 13.1 Å². The van der Waals surface area contributed by atoms with E-state index in [0.29, 0.717) is 18.7 Å². The van der Waals surface area contributed by atoms with Crippen LogP contribution >= 0.6 is 0 Å². The summed E-state index contributed by atoms with van der Waals surface area (Å²) in [4.78, 5) is 12.3. The largest absolute Gasteiger partial charge is 0.348 e. The first-order valence-corrected chi connectivity index (χ1v) is 6.77. The lowest BCUT2D eigenvalue weighted by Gasteiger charge is -2.08. The molecule has 3 aromatic rings. The Hall–Kier alpha value is -2.66. The molecule has 0 saturated heterocycles. The van der Waals surface area contributed by atoms with E-state index in [0.717, 1.165) is 16.6 Å². The van der Waals surface area contributed by atoms with E-state index in [1.807, 2.05) is 48.7 Å². The Morgan fingerprint density at radius 2 is 1.90 bits per heavy atom. The number of hydrogen-bond donors (Lipinski definition) is 2. The molecule has 3 N–H and O–H groups in total. The molecular weight excluding hydrogens is 264 g/mol. The van der Waals surface area contributed by atoms with Gasteiger partial charge < -0.3 is 11.1 Å². The summed E-state index contributed by atoms with van der Waals surface area (Å²) < 4.78 is 1.68. The molecule has 1 aromatic carbocycles. The molecule has 5 nitrogen and oxygen atoms in total. The molecule has 1 amide bonds. The van der Waals surface area contributed by atoms with Gasteiger partial charge >= 0.3 is 0 Å². The fourth-order valence-electron chi connectivity index (χ4n) is 2.31. The minimum Gasteiger partial charge on any atom is -0.348 e. The first-order chi connectivity index (χ1) is 10.3.